The second-order valence-electron chi connectivity index (χ2n) is 8.61. The molecule has 154 valence electrons. The maximum atomic E-state index is 13.1. The minimum atomic E-state index is -0.154. The van der Waals surface area contributed by atoms with Crippen LogP contribution >= 0.6 is 0 Å². The van der Waals surface area contributed by atoms with Gasteiger partial charge in [-0.2, -0.15) is 0 Å². The molecule has 0 aliphatic carbocycles. The number of nitrogens with one attached hydrogen (secondary N) is 1. The molecule has 3 N–H and O–H groups in total. The summed E-state index contributed by atoms with van der Waals surface area (Å²) in [5, 5.41) is 0. The molecular weight excluding hydrogens is 364 g/mol. The number of fused-ring (bicyclic) bond motifs is 1. The third kappa shape index (κ3) is 4.14. The van der Waals surface area contributed by atoms with Crippen molar-refractivity contribution in [2.75, 3.05) is 32.7 Å². The van der Waals surface area contributed by atoms with Crippen LogP contribution in [0.5, 0.6) is 0 Å². The Hall–Kier alpha value is -2.44. The molecule has 2 aromatic rings. The van der Waals surface area contributed by atoms with Crippen LogP contribution in [0.4, 0.5) is 0 Å². The smallest absolute Gasteiger partial charge is 0.255 e. The van der Waals surface area contributed by atoms with Crippen LogP contribution in [0.1, 0.15) is 39.6 Å². The Morgan fingerprint density at radius 1 is 1.14 bits per heavy atom. The number of amides is 1. The van der Waals surface area contributed by atoms with Crippen LogP contribution in [0.2, 0.25) is 0 Å². The van der Waals surface area contributed by atoms with Crippen LogP contribution in [0.3, 0.4) is 0 Å². The van der Waals surface area contributed by atoms with E-state index >= 15 is 0 Å². The molecular formula is C23H30N4O2. The molecule has 1 aromatic heterocycles. The molecule has 3 heterocycles. The molecule has 29 heavy (non-hydrogen) atoms. The van der Waals surface area contributed by atoms with Gasteiger partial charge in [-0.05, 0) is 49.8 Å². The molecule has 0 spiro atoms. The summed E-state index contributed by atoms with van der Waals surface area (Å²) in [7, 11) is 0. The molecule has 3 atom stereocenters. The lowest BCUT2D eigenvalue weighted by atomic mass is 10.0. The number of nitrogens with two attached hydrogens (primary N) is 1. The van der Waals surface area contributed by atoms with Gasteiger partial charge in [0.05, 0.1) is 5.56 Å². The highest BCUT2D eigenvalue weighted by atomic mass is 16.2. The Balaban J connectivity index is 1.32. The van der Waals surface area contributed by atoms with Gasteiger partial charge in [0, 0.05) is 44.0 Å². The minimum Gasteiger partial charge on any atom is -0.338 e. The number of carbonyl (C=O) groups is 1. The van der Waals surface area contributed by atoms with Crippen molar-refractivity contribution in [3.05, 3.63) is 69.1 Å². The van der Waals surface area contributed by atoms with Crippen molar-refractivity contribution in [2.45, 2.75) is 26.3 Å². The zero-order chi connectivity index (χ0) is 20.5. The lowest BCUT2D eigenvalue weighted by molar-refractivity contribution is 0.0772. The topological polar surface area (TPSA) is 82.4 Å². The van der Waals surface area contributed by atoms with Crippen LogP contribution in [0.25, 0.3) is 0 Å². The molecule has 6 nitrogen and oxygen atoms in total. The summed E-state index contributed by atoms with van der Waals surface area (Å²) < 4.78 is 0. The Labute approximate surface area is 171 Å². The van der Waals surface area contributed by atoms with E-state index in [0.717, 1.165) is 44.7 Å². The second-order valence-corrected chi connectivity index (χ2v) is 8.61. The summed E-state index contributed by atoms with van der Waals surface area (Å²) in [6.45, 7) is 8.28. The number of pyridine rings is 1. The third-order valence-electron chi connectivity index (χ3n) is 6.47. The quantitative estimate of drug-likeness (QED) is 0.814. The van der Waals surface area contributed by atoms with E-state index in [-0.39, 0.29) is 17.5 Å². The lowest BCUT2D eigenvalue weighted by Gasteiger charge is -2.23. The van der Waals surface area contributed by atoms with Gasteiger partial charge in [0.25, 0.3) is 5.91 Å². The number of hydrogen-bond donors (Lipinski definition) is 2. The van der Waals surface area contributed by atoms with E-state index in [1.807, 2.05) is 30.0 Å². The summed E-state index contributed by atoms with van der Waals surface area (Å²) in [6.07, 6.45) is 0.946. The largest absolute Gasteiger partial charge is 0.338 e. The fourth-order valence-electron chi connectivity index (χ4n) is 4.96. The molecule has 2 saturated heterocycles. The summed E-state index contributed by atoms with van der Waals surface area (Å²) in [6, 6.07) is 11.8. The van der Waals surface area contributed by atoms with Crippen LogP contribution in [-0.2, 0) is 0 Å². The number of aryl methyl sites for hydroxylation is 2. The van der Waals surface area contributed by atoms with E-state index in [4.69, 9.17) is 5.73 Å². The number of hydrogen-bond acceptors (Lipinski definition) is 4. The fraction of sp³-hybridized carbons (Fsp3) is 0.478. The van der Waals surface area contributed by atoms with Gasteiger partial charge in [0.1, 0.15) is 0 Å². The van der Waals surface area contributed by atoms with E-state index in [1.165, 1.54) is 11.6 Å². The van der Waals surface area contributed by atoms with E-state index in [0.29, 0.717) is 23.1 Å². The number of aromatic amines is 1. The summed E-state index contributed by atoms with van der Waals surface area (Å²) >= 11 is 0. The predicted molar refractivity (Wildman–Crippen MR) is 114 cm³/mol. The molecule has 1 amide bonds. The summed E-state index contributed by atoms with van der Waals surface area (Å²) in [5.74, 6) is 1.09. The maximum absolute atomic E-state index is 13.1. The number of benzene rings is 1. The Morgan fingerprint density at radius 2 is 1.79 bits per heavy atom. The molecule has 6 heteroatoms. The molecule has 2 aliphatic heterocycles. The highest BCUT2D eigenvalue weighted by Crippen LogP contribution is 2.32. The first-order valence-corrected chi connectivity index (χ1v) is 10.4. The first kappa shape index (κ1) is 19.9. The van der Waals surface area contributed by atoms with E-state index in [2.05, 4.69) is 22.0 Å². The van der Waals surface area contributed by atoms with E-state index in [1.54, 1.807) is 6.92 Å². The van der Waals surface area contributed by atoms with Crippen molar-refractivity contribution in [3.63, 3.8) is 0 Å². The second kappa shape index (κ2) is 8.13. The van der Waals surface area contributed by atoms with Gasteiger partial charge in [0.15, 0.2) is 0 Å². The number of H-pyrrole nitrogens is 1. The van der Waals surface area contributed by atoms with Gasteiger partial charge in [-0.1, -0.05) is 30.3 Å². The maximum Gasteiger partial charge on any atom is 0.255 e. The highest BCUT2D eigenvalue weighted by molar-refractivity contribution is 5.96. The summed E-state index contributed by atoms with van der Waals surface area (Å²) in [4.78, 5) is 31.9. The van der Waals surface area contributed by atoms with Crippen molar-refractivity contribution in [2.24, 2.45) is 17.6 Å². The zero-order valence-electron chi connectivity index (χ0n) is 17.2. The number of carbonyl (C=O) groups excluding carboxylic acids is 1. The Kier molecular flexibility index (Phi) is 5.56. The average molecular weight is 395 g/mol. The minimum absolute atomic E-state index is 0.0447. The molecule has 2 unspecified atom stereocenters. The number of nitrogens with zero attached hydrogens (tertiary/aromatic N) is 2. The van der Waals surface area contributed by atoms with Crippen molar-refractivity contribution < 1.29 is 4.79 Å². The number of rotatable bonds is 5. The molecule has 4 rings (SSSR count). The van der Waals surface area contributed by atoms with Gasteiger partial charge < -0.3 is 20.5 Å². The number of aromatic nitrogens is 1. The van der Waals surface area contributed by atoms with Crippen molar-refractivity contribution in [1.29, 1.82) is 0 Å². The van der Waals surface area contributed by atoms with Crippen LogP contribution in [0, 0.1) is 25.7 Å². The third-order valence-corrected chi connectivity index (χ3v) is 6.47. The molecule has 0 bridgehead atoms. The average Bonchev–Trinajstić information content (AvgIpc) is 3.24. The van der Waals surface area contributed by atoms with Gasteiger partial charge in [-0.3, -0.25) is 9.59 Å². The van der Waals surface area contributed by atoms with Gasteiger partial charge >= 0.3 is 0 Å². The van der Waals surface area contributed by atoms with Gasteiger partial charge in [-0.25, -0.2) is 0 Å². The van der Waals surface area contributed by atoms with Crippen LogP contribution in [0.15, 0.2) is 41.2 Å². The Morgan fingerprint density at radius 3 is 2.41 bits per heavy atom. The predicted octanol–water partition coefficient (Wildman–Crippen LogP) is 2.09. The van der Waals surface area contributed by atoms with Crippen LogP contribution < -0.4 is 11.3 Å². The summed E-state index contributed by atoms with van der Waals surface area (Å²) in [5.41, 5.74) is 9.45. The molecule has 2 aliphatic rings. The number of likely N-dealkylation sites (tertiary alicyclic amines) is 2. The normalized spacial score (nSPS) is 22.7. The van der Waals surface area contributed by atoms with Gasteiger partial charge in [-0.15, -0.1) is 0 Å². The lowest BCUT2D eigenvalue weighted by Crippen LogP contribution is -2.35. The Bertz CT molecular complexity index is 899. The first-order chi connectivity index (χ1) is 13.9. The highest BCUT2D eigenvalue weighted by Gasteiger charge is 2.42. The molecule has 0 radical (unpaired) electrons. The zero-order valence-corrected chi connectivity index (χ0v) is 17.2. The van der Waals surface area contributed by atoms with E-state index < -0.39 is 0 Å². The monoisotopic (exact) mass is 394 g/mol. The standard InChI is InChI=1S/C23H30N4O2/c1-15-10-21(28)25-16(2)22(15)23(29)27-13-18-11-26(12-19(18)14-27)9-8-20(24)17-6-4-3-5-7-17/h3-7,10,18-20H,8-9,11-14,24H2,1-2H3,(H,25,28)/t18?,19?,20-/m0/s1. The molecule has 2 fully saturated rings. The first-order valence-electron chi connectivity index (χ1n) is 10.4. The van der Waals surface area contributed by atoms with Crippen molar-refractivity contribution >= 4 is 5.91 Å². The van der Waals surface area contributed by atoms with Crippen molar-refractivity contribution in [3.8, 4) is 0 Å². The fourth-order valence-corrected chi connectivity index (χ4v) is 4.96. The molecule has 1 aromatic carbocycles. The van der Waals surface area contributed by atoms with Crippen molar-refractivity contribution in [1.82, 2.24) is 14.8 Å². The van der Waals surface area contributed by atoms with E-state index in [9.17, 15) is 9.59 Å². The molecule has 0 saturated carbocycles. The SMILES string of the molecule is Cc1cc(=O)[nH]c(C)c1C(=O)N1CC2CN(CC[C@H](N)c3ccccc3)CC2C1. The van der Waals surface area contributed by atoms with Crippen LogP contribution in [-0.4, -0.2) is 53.4 Å². The van der Waals surface area contributed by atoms with Gasteiger partial charge in [0.2, 0.25) is 5.56 Å².